The molecule has 1 atom stereocenters. The van der Waals surface area contributed by atoms with Crippen molar-refractivity contribution in [1.29, 1.82) is 5.26 Å². The Labute approximate surface area is 146 Å². The lowest BCUT2D eigenvalue weighted by Crippen LogP contribution is -2.58. The van der Waals surface area contributed by atoms with Crippen molar-refractivity contribution in [2.24, 2.45) is 0 Å². The lowest BCUT2D eigenvalue weighted by atomic mass is 9.82. The van der Waals surface area contributed by atoms with Crippen molar-refractivity contribution in [3.8, 4) is 6.07 Å². The largest absolute Gasteiger partial charge is 0.336 e. The van der Waals surface area contributed by atoms with Crippen LogP contribution in [-0.4, -0.2) is 59.5 Å². The quantitative estimate of drug-likeness (QED) is 0.858. The summed E-state index contributed by atoms with van der Waals surface area (Å²) in [5, 5.41) is 12.6. The van der Waals surface area contributed by atoms with Gasteiger partial charge in [0.1, 0.15) is 5.54 Å². The molecule has 1 aliphatic heterocycles. The lowest BCUT2D eigenvalue weighted by Gasteiger charge is -2.41. The van der Waals surface area contributed by atoms with Crippen molar-refractivity contribution >= 4 is 5.91 Å². The highest BCUT2D eigenvalue weighted by Gasteiger charge is 2.36. The van der Waals surface area contributed by atoms with Gasteiger partial charge in [0.05, 0.1) is 12.1 Å². The van der Waals surface area contributed by atoms with E-state index in [4.69, 9.17) is 0 Å². The maximum Gasteiger partial charge on any atom is 0.238 e. The van der Waals surface area contributed by atoms with Crippen LogP contribution in [0.4, 0.5) is 0 Å². The van der Waals surface area contributed by atoms with Crippen molar-refractivity contribution in [1.82, 2.24) is 15.1 Å². The molecule has 3 fully saturated rings. The van der Waals surface area contributed by atoms with Gasteiger partial charge in [0.25, 0.3) is 0 Å². The minimum Gasteiger partial charge on any atom is -0.336 e. The molecule has 0 radical (unpaired) electrons. The minimum absolute atomic E-state index is 0.0350. The molecule has 0 aromatic rings. The zero-order valence-corrected chi connectivity index (χ0v) is 15.1. The van der Waals surface area contributed by atoms with E-state index in [-0.39, 0.29) is 11.9 Å². The van der Waals surface area contributed by atoms with Gasteiger partial charge in [-0.3, -0.25) is 14.6 Å². The van der Waals surface area contributed by atoms with Crippen molar-refractivity contribution in [2.45, 2.75) is 82.3 Å². The molecule has 0 aromatic heterocycles. The first-order chi connectivity index (χ1) is 11.6. The van der Waals surface area contributed by atoms with Crippen LogP contribution >= 0.6 is 0 Å². The number of carbonyl (C=O) groups excluding carboxylic acids is 1. The van der Waals surface area contributed by atoms with Gasteiger partial charge in [0.15, 0.2) is 0 Å². The Morgan fingerprint density at radius 3 is 2.29 bits per heavy atom. The van der Waals surface area contributed by atoms with E-state index in [1.807, 2.05) is 6.92 Å². The summed E-state index contributed by atoms with van der Waals surface area (Å²) < 4.78 is 0. The van der Waals surface area contributed by atoms with Gasteiger partial charge in [-0.05, 0) is 32.6 Å². The summed E-state index contributed by atoms with van der Waals surface area (Å²) in [4.78, 5) is 17.6. The number of hydrogen-bond acceptors (Lipinski definition) is 4. The number of carbonyl (C=O) groups is 1. The van der Waals surface area contributed by atoms with E-state index in [0.717, 1.165) is 57.9 Å². The summed E-state index contributed by atoms with van der Waals surface area (Å²) >= 11 is 0. The van der Waals surface area contributed by atoms with E-state index in [1.54, 1.807) is 0 Å². The zero-order valence-electron chi connectivity index (χ0n) is 15.1. The molecule has 0 spiro atoms. The van der Waals surface area contributed by atoms with Gasteiger partial charge in [-0.1, -0.05) is 32.1 Å². The summed E-state index contributed by atoms with van der Waals surface area (Å²) in [6, 6.07) is 3.03. The Bertz CT molecular complexity index is 466. The van der Waals surface area contributed by atoms with Crippen molar-refractivity contribution in [2.75, 3.05) is 26.2 Å². The summed E-state index contributed by atoms with van der Waals surface area (Å²) in [5.74, 6) is 0.0350. The number of piperazine rings is 1. The van der Waals surface area contributed by atoms with Crippen LogP contribution in [0, 0.1) is 11.3 Å². The smallest absolute Gasteiger partial charge is 0.238 e. The standard InChI is InChI=1S/C19H32N4O/c1-16(18(24)21-19(15-20)9-5-2-6-10-19)22-11-13-23(14-12-22)17-7-3-4-8-17/h16-17H,2-14H2,1H3,(H,21,24). The highest BCUT2D eigenvalue weighted by Crippen LogP contribution is 2.28. The van der Waals surface area contributed by atoms with Gasteiger partial charge >= 0.3 is 0 Å². The molecule has 2 aliphatic carbocycles. The lowest BCUT2D eigenvalue weighted by molar-refractivity contribution is -0.128. The number of rotatable bonds is 4. The summed E-state index contributed by atoms with van der Waals surface area (Å²) in [7, 11) is 0. The van der Waals surface area contributed by atoms with Crippen LogP contribution < -0.4 is 5.32 Å². The fourth-order valence-electron chi connectivity index (χ4n) is 4.69. The van der Waals surface area contributed by atoms with Crippen LogP contribution in [0.15, 0.2) is 0 Å². The average Bonchev–Trinajstić information content (AvgIpc) is 3.16. The van der Waals surface area contributed by atoms with Gasteiger partial charge in [0.2, 0.25) is 5.91 Å². The topological polar surface area (TPSA) is 59.4 Å². The van der Waals surface area contributed by atoms with Crippen LogP contribution in [0.25, 0.3) is 0 Å². The Morgan fingerprint density at radius 2 is 1.71 bits per heavy atom. The highest BCUT2D eigenvalue weighted by atomic mass is 16.2. The summed E-state index contributed by atoms with van der Waals surface area (Å²) in [6.45, 7) is 6.07. The van der Waals surface area contributed by atoms with Crippen molar-refractivity contribution < 1.29 is 4.79 Å². The fraction of sp³-hybridized carbons (Fsp3) is 0.895. The predicted octanol–water partition coefficient (Wildman–Crippen LogP) is 2.28. The first-order valence-corrected chi connectivity index (χ1v) is 9.85. The average molecular weight is 332 g/mol. The minimum atomic E-state index is -0.616. The molecule has 3 aliphatic rings. The Balaban J connectivity index is 1.50. The first-order valence-electron chi connectivity index (χ1n) is 9.85. The molecule has 2 saturated carbocycles. The fourth-order valence-corrected chi connectivity index (χ4v) is 4.69. The zero-order chi connectivity index (χ0) is 17.0. The molecule has 5 heteroatoms. The van der Waals surface area contributed by atoms with E-state index in [0.29, 0.717) is 0 Å². The molecule has 3 rings (SSSR count). The number of nitrogens with zero attached hydrogens (tertiary/aromatic N) is 3. The molecule has 1 amide bonds. The van der Waals surface area contributed by atoms with Gasteiger partial charge in [-0.2, -0.15) is 5.26 Å². The number of amides is 1. The number of nitriles is 1. The Kier molecular flexibility index (Phi) is 5.78. The molecule has 5 nitrogen and oxygen atoms in total. The second kappa shape index (κ2) is 7.84. The molecule has 1 saturated heterocycles. The Hall–Kier alpha value is -1.12. The van der Waals surface area contributed by atoms with E-state index in [2.05, 4.69) is 21.2 Å². The third-order valence-electron chi connectivity index (χ3n) is 6.40. The maximum atomic E-state index is 12.7. The monoisotopic (exact) mass is 332 g/mol. The van der Waals surface area contributed by atoms with Gasteiger partial charge < -0.3 is 5.32 Å². The molecule has 1 N–H and O–H groups in total. The third kappa shape index (κ3) is 3.92. The maximum absolute atomic E-state index is 12.7. The molecule has 1 heterocycles. The predicted molar refractivity (Wildman–Crippen MR) is 94.4 cm³/mol. The molecule has 24 heavy (non-hydrogen) atoms. The second-order valence-corrected chi connectivity index (χ2v) is 7.93. The molecule has 0 aromatic carbocycles. The van der Waals surface area contributed by atoms with Crippen LogP contribution in [0.3, 0.4) is 0 Å². The third-order valence-corrected chi connectivity index (χ3v) is 6.40. The molecular formula is C19H32N4O. The molecular weight excluding hydrogens is 300 g/mol. The van der Waals surface area contributed by atoms with E-state index >= 15 is 0 Å². The van der Waals surface area contributed by atoms with Crippen molar-refractivity contribution in [3.63, 3.8) is 0 Å². The molecule has 0 bridgehead atoms. The van der Waals surface area contributed by atoms with Crippen LogP contribution in [0.1, 0.15) is 64.7 Å². The number of hydrogen-bond donors (Lipinski definition) is 1. The summed E-state index contributed by atoms with van der Waals surface area (Å²) in [5.41, 5.74) is -0.616. The van der Waals surface area contributed by atoms with E-state index < -0.39 is 5.54 Å². The van der Waals surface area contributed by atoms with Crippen LogP contribution in [0.5, 0.6) is 0 Å². The van der Waals surface area contributed by atoms with Crippen LogP contribution in [0.2, 0.25) is 0 Å². The molecule has 134 valence electrons. The Morgan fingerprint density at radius 1 is 1.08 bits per heavy atom. The van der Waals surface area contributed by atoms with Gasteiger partial charge in [-0.15, -0.1) is 0 Å². The van der Waals surface area contributed by atoms with Crippen molar-refractivity contribution in [3.05, 3.63) is 0 Å². The highest BCUT2D eigenvalue weighted by molar-refractivity contribution is 5.82. The SMILES string of the molecule is CC(C(=O)NC1(C#N)CCCCC1)N1CCN(C2CCCC2)CC1. The van der Waals surface area contributed by atoms with Gasteiger partial charge in [0, 0.05) is 32.2 Å². The first kappa shape index (κ1) is 17.7. The normalized spacial score (nSPS) is 27.5. The molecule has 1 unspecified atom stereocenters. The summed E-state index contributed by atoms with van der Waals surface area (Å²) in [6.07, 6.45) is 10.3. The van der Waals surface area contributed by atoms with E-state index in [9.17, 15) is 10.1 Å². The van der Waals surface area contributed by atoms with Crippen LogP contribution in [-0.2, 0) is 4.79 Å². The van der Waals surface area contributed by atoms with E-state index in [1.165, 1.54) is 32.1 Å². The number of nitrogens with one attached hydrogen (secondary N) is 1. The van der Waals surface area contributed by atoms with Gasteiger partial charge in [-0.25, -0.2) is 0 Å². The second-order valence-electron chi connectivity index (χ2n) is 7.93.